The van der Waals surface area contributed by atoms with Crippen LogP contribution in [0.25, 0.3) is 10.2 Å². The van der Waals surface area contributed by atoms with Crippen LogP contribution in [0.2, 0.25) is 5.02 Å². The molecule has 0 saturated carbocycles. The number of carbonyl (C=O) groups excluding carboxylic acids is 2. The van der Waals surface area contributed by atoms with E-state index in [4.69, 9.17) is 11.6 Å². The van der Waals surface area contributed by atoms with Gasteiger partial charge in [0.1, 0.15) is 16.5 Å². The number of anilines is 1. The number of halogens is 2. The van der Waals surface area contributed by atoms with Crippen molar-refractivity contribution in [3.05, 3.63) is 81.4 Å². The Morgan fingerprint density at radius 3 is 2.77 bits per heavy atom. The van der Waals surface area contributed by atoms with Gasteiger partial charge in [0.25, 0.3) is 5.91 Å². The van der Waals surface area contributed by atoms with Crippen molar-refractivity contribution in [1.82, 2.24) is 15.5 Å². The van der Waals surface area contributed by atoms with Crippen LogP contribution in [0.4, 0.5) is 10.2 Å². The van der Waals surface area contributed by atoms with Crippen molar-refractivity contribution in [2.24, 2.45) is 0 Å². The van der Waals surface area contributed by atoms with Crippen molar-refractivity contribution in [3.63, 3.8) is 0 Å². The molecule has 2 aromatic carbocycles. The summed E-state index contributed by atoms with van der Waals surface area (Å²) in [5.41, 5.74) is 1.38. The fourth-order valence-corrected chi connectivity index (χ4v) is 4.05. The molecule has 0 fully saturated rings. The first-order valence-corrected chi connectivity index (χ1v) is 10.2. The number of rotatable bonds is 6. The molecule has 2 aromatic heterocycles. The topological polar surface area (TPSA) is 86.9 Å². The van der Waals surface area contributed by atoms with E-state index in [1.54, 1.807) is 24.3 Å². The van der Waals surface area contributed by atoms with E-state index in [9.17, 15) is 14.0 Å². The number of aromatic amines is 1. The van der Waals surface area contributed by atoms with Crippen LogP contribution in [0.5, 0.6) is 0 Å². The quantitative estimate of drug-likeness (QED) is 0.410. The van der Waals surface area contributed by atoms with Crippen molar-refractivity contribution >= 4 is 50.8 Å². The molecule has 0 radical (unpaired) electrons. The van der Waals surface area contributed by atoms with Crippen LogP contribution < -0.4 is 10.6 Å². The molecule has 152 valence electrons. The molecule has 0 aliphatic carbocycles. The minimum absolute atomic E-state index is 0.0214. The Hall–Kier alpha value is -3.23. The maximum Gasteiger partial charge on any atom is 0.261 e. The summed E-state index contributed by atoms with van der Waals surface area (Å²) >= 11 is 7.32. The van der Waals surface area contributed by atoms with Crippen molar-refractivity contribution < 1.29 is 14.0 Å². The fraction of sp³-hybridized carbons (Fsp3) is 0.0952. The fourth-order valence-electron chi connectivity index (χ4n) is 2.94. The number of nitrogens with zero attached hydrogens (tertiary/aromatic N) is 1. The van der Waals surface area contributed by atoms with Gasteiger partial charge >= 0.3 is 0 Å². The van der Waals surface area contributed by atoms with E-state index in [0.717, 1.165) is 5.56 Å². The average molecular weight is 443 g/mol. The van der Waals surface area contributed by atoms with Crippen LogP contribution in [0, 0.1) is 5.82 Å². The predicted molar refractivity (Wildman–Crippen MR) is 115 cm³/mol. The summed E-state index contributed by atoms with van der Waals surface area (Å²) in [6, 6.07) is 14.8. The van der Waals surface area contributed by atoms with E-state index < -0.39 is 5.82 Å². The number of fused-ring (bicyclic) bond motifs is 1. The predicted octanol–water partition coefficient (Wildman–Crippen LogP) is 4.53. The standard InChI is InChI=1S/C21H16ClFN4O2S/c22-16-7-2-1-5-13(16)11-24-20(29)17-10-15-19(26-27-21(15)30-17)25-18(28)9-12-4-3-6-14(23)8-12/h1-8,10H,9,11H2,(H,24,29)(H2,25,26,27,28). The maximum absolute atomic E-state index is 13.3. The van der Waals surface area contributed by atoms with Crippen LogP contribution in [-0.2, 0) is 17.8 Å². The summed E-state index contributed by atoms with van der Waals surface area (Å²) in [4.78, 5) is 25.9. The van der Waals surface area contributed by atoms with Gasteiger partial charge in [-0.1, -0.05) is 41.9 Å². The van der Waals surface area contributed by atoms with E-state index in [1.165, 1.54) is 23.5 Å². The largest absolute Gasteiger partial charge is 0.347 e. The lowest BCUT2D eigenvalue weighted by molar-refractivity contribution is -0.115. The zero-order valence-corrected chi connectivity index (χ0v) is 17.1. The molecular weight excluding hydrogens is 427 g/mol. The molecule has 4 rings (SSSR count). The molecule has 30 heavy (non-hydrogen) atoms. The lowest BCUT2D eigenvalue weighted by atomic mass is 10.1. The van der Waals surface area contributed by atoms with Gasteiger partial charge in [-0.05, 0) is 35.4 Å². The van der Waals surface area contributed by atoms with Gasteiger partial charge in [0, 0.05) is 11.6 Å². The van der Waals surface area contributed by atoms with Crippen molar-refractivity contribution in [2.45, 2.75) is 13.0 Å². The molecule has 0 atom stereocenters. The highest BCUT2D eigenvalue weighted by Gasteiger charge is 2.17. The summed E-state index contributed by atoms with van der Waals surface area (Å²) in [6.07, 6.45) is 0.0214. The molecule has 4 aromatic rings. The molecule has 6 nitrogen and oxygen atoms in total. The lowest BCUT2D eigenvalue weighted by Gasteiger charge is -2.05. The van der Waals surface area contributed by atoms with Crippen LogP contribution in [0.1, 0.15) is 20.8 Å². The second-order valence-electron chi connectivity index (χ2n) is 6.56. The van der Waals surface area contributed by atoms with E-state index in [-0.39, 0.29) is 18.2 Å². The van der Waals surface area contributed by atoms with E-state index in [1.807, 2.05) is 18.2 Å². The Kier molecular flexibility index (Phi) is 5.78. The van der Waals surface area contributed by atoms with Gasteiger partial charge < -0.3 is 10.6 Å². The highest BCUT2D eigenvalue weighted by Crippen LogP contribution is 2.29. The molecule has 3 N–H and O–H groups in total. The first kappa shape index (κ1) is 20.1. The van der Waals surface area contributed by atoms with Gasteiger partial charge in [-0.2, -0.15) is 5.10 Å². The molecule has 2 amide bonds. The first-order chi connectivity index (χ1) is 14.5. The SMILES string of the molecule is O=C(Cc1cccc(F)c1)Nc1[nH]nc2sc(C(=O)NCc3ccccc3Cl)cc12. The van der Waals surface area contributed by atoms with Crippen LogP contribution >= 0.6 is 22.9 Å². The summed E-state index contributed by atoms with van der Waals surface area (Å²) in [7, 11) is 0. The van der Waals surface area contributed by atoms with Gasteiger partial charge in [-0.15, -0.1) is 11.3 Å². The van der Waals surface area contributed by atoms with Gasteiger partial charge in [0.2, 0.25) is 5.91 Å². The Bertz CT molecular complexity index is 1240. The molecule has 0 saturated heterocycles. The molecule has 0 aliphatic rings. The van der Waals surface area contributed by atoms with E-state index >= 15 is 0 Å². The molecule has 0 unspecified atom stereocenters. The Morgan fingerprint density at radius 1 is 1.13 bits per heavy atom. The number of amides is 2. The number of hydrogen-bond acceptors (Lipinski definition) is 4. The minimum Gasteiger partial charge on any atom is -0.347 e. The monoisotopic (exact) mass is 442 g/mol. The zero-order valence-electron chi connectivity index (χ0n) is 15.5. The van der Waals surface area contributed by atoms with E-state index in [2.05, 4.69) is 20.8 Å². The number of carbonyl (C=O) groups is 2. The Morgan fingerprint density at radius 2 is 1.97 bits per heavy atom. The summed E-state index contributed by atoms with van der Waals surface area (Å²) in [5.74, 6) is -0.570. The Balaban J connectivity index is 1.43. The second-order valence-corrected chi connectivity index (χ2v) is 7.99. The first-order valence-electron chi connectivity index (χ1n) is 9.03. The summed E-state index contributed by atoms with van der Waals surface area (Å²) in [5, 5.41) is 13.7. The molecular formula is C21H16ClFN4O2S. The Labute approximate surface area is 180 Å². The molecule has 0 bridgehead atoms. The highest BCUT2D eigenvalue weighted by atomic mass is 35.5. The number of hydrogen-bond donors (Lipinski definition) is 3. The summed E-state index contributed by atoms with van der Waals surface area (Å²) < 4.78 is 13.3. The van der Waals surface area contributed by atoms with E-state index in [0.29, 0.717) is 38.0 Å². The summed E-state index contributed by atoms with van der Waals surface area (Å²) in [6.45, 7) is 0.303. The zero-order chi connectivity index (χ0) is 21.1. The number of H-pyrrole nitrogens is 1. The van der Waals surface area contributed by atoms with Crippen LogP contribution in [-0.4, -0.2) is 22.0 Å². The normalized spacial score (nSPS) is 10.9. The minimum atomic E-state index is -0.394. The van der Waals surface area contributed by atoms with Crippen LogP contribution in [0.3, 0.4) is 0 Å². The van der Waals surface area contributed by atoms with Crippen molar-refractivity contribution in [3.8, 4) is 0 Å². The van der Waals surface area contributed by atoms with Gasteiger partial charge in [0.05, 0.1) is 16.7 Å². The lowest BCUT2D eigenvalue weighted by Crippen LogP contribution is -2.21. The van der Waals surface area contributed by atoms with Crippen molar-refractivity contribution in [1.29, 1.82) is 0 Å². The van der Waals surface area contributed by atoms with Crippen LogP contribution in [0.15, 0.2) is 54.6 Å². The third kappa shape index (κ3) is 4.50. The number of benzene rings is 2. The molecule has 9 heteroatoms. The third-order valence-electron chi connectivity index (χ3n) is 4.39. The number of aromatic nitrogens is 2. The smallest absolute Gasteiger partial charge is 0.261 e. The highest BCUT2D eigenvalue weighted by molar-refractivity contribution is 7.20. The van der Waals surface area contributed by atoms with Gasteiger partial charge in [-0.25, -0.2) is 4.39 Å². The van der Waals surface area contributed by atoms with Crippen molar-refractivity contribution in [2.75, 3.05) is 5.32 Å². The number of thiophene rings is 1. The molecule has 0 spiro atoms. The van der Waals surface area contributed by atoms with Gasteiger partial charge in [0.15, 0.2) is 0 Å². The van der Waals surface area contributed by atoms with Gasteiger partial charge in [-0.3, -0.25) is 14.7 Å². The third-order valence-corrected chi connectivity index (χ3v) is 5.79. The number of nitrogens with one attached hydrogen (secondary N) is 3. The second kappa shape index (κ2) is 8.64. The molecule has 0 aliphatic heterocycles. The maximum atomic E-state index is 13.3. The average Bonchev–Trinajstić information content (AvgIpc) is 3.29. The molecule has 2 heterocycles.